The molecule has 9 nitrogen and oxygen atoms in total. The normalized spacial score (nSPS) is 10.7. The number of carbonyl (C=O) groups is 1. The number of hydrazone groups is 1. The van der Waals surface area contributed by atoms with Crippen molar-refractivity contribution < 1.29 is 9.90 Å². The van der Waals surface area contributed by atoms with E-state index in [-0.39, 0.29) is 28.2 Å². The summed E-state index contributed by atoms with van der Waals surface area (Å²) >= 11 is 5.70. The highest BCUT2D eigenvalue weighted by Crippen LogP contribution is 2.16. The maximum atomic E-state index is 11.9. The molecule has 126 valence electrons. The van der Waals surface area contributed by atoms with Crippen LogP contribution in [0, 0.1) is 0 Å². The molecule has 0 fully saturated rings. The first kappa shape index (κ1) is 17.3. The number of hydrogen-bond donors (Lipinski definition) is 5. The molecule has 2 aromatic rings. The largest absolute Gasteiger partial charge is 0.508 e. The number of benzene rings is 1. The standard InChI is InChI=1S/C14H16ClN7O2/c15-11-13(17)22-12(16)10(21-11)14(24)18-7-20-19-6-5-8-1-3-9(23)4-2-8/h1-4,7,19,23H,5-6H2,(H4,16,17,22)(H,18,20,24). The van der Waals surface area contributed by atoms with E-state index in [4.69, 9.17) is 23.1 Å². The summed E-state index contributed by atoms with van der Waals surface area (Å²) in [7, 11) is 0. The highest BCUT2D eigenvalue weighted by molar-refractivity contribution is 6.31. The van der Waals surface area contributed by atoms with E-state index in [2.05, 4.69) is 25.8 Å². The Morgan fingerprint density at radius 2 is 1.96 bits per heavy atom. The van der Waals surface area contributed by atoms with Gasteiger partial charge in [-0.2, -0.15) is 5.10 Å². The fourth-order valence-corrected chi connectivity index (χ4v) is 1.87. The molecule has 0 bridgehead atoms. The number of phenolic OH excluding ortho intramolecular Hbond substituents is 1. The number of carbonyl (C=O) groups excluding carboxylic acids is 1. The molecule has 0 atom stereocenters. The predicted octanol–water partition coefficient (Wildman–Crippen LogP) is 0.505. The number of aromatic nitrogens is 2. The van der Waals surface area contributed by atoms with Crippen LogP contribution in [0.3, 0.4) is 0 Å². The monoisotopic (exact) mass is 349 g/mol. The van der Waals surface area contributed by atoms with Crippen molar-refractivity contribution in [3.8, 4) is 5.75 Å². The molecular formula is C14H16ClN7O2. The van der Waals surface area contributed by atoms with Crippen molar-refractivity contribution in [1.29, 1.82) is 0 Å². The maximum absolute atomic E-state index is 11.9. The second-order valence-electron chi connectivity index (χ2n) is 4.69. The number of hydrogen-bond acceptors (Lipinski definition) is 8. The van der Waals surface area contributed by atoms with Crippen molar-refractivity contribution >= 4 is 35.5 Å². The number of nitrogens with zero attached hydrogens (tertiary/aromatic N) is 3. The van der Waals surface area contributed by atoms with Crippen LogP contribution in [0.5, 0.6) is 5.75 Å². The topological polar surface area (TPSA) is 152 Å². The number of anilines is 2. The van der Waals surface area contributed by atoms with E-state index in [1.165, 1.54) is 6.34 Å². The van der Waals surface area contributed by atoms with Crippen LogP contribution < -0.4 is 22.2 Å². The Kier molecular flexibility index (Phi) is 5.74. The summed E-state index contributed by atoms with van der Waals surface area (Å²) < 4.78 is 0. The van der Waals surface area contributed by atoms with Gasteiger partial charge in [-0.25, -0.2) is 9.97 Å². The van der Waals surface area contributed by atoms with Crippen molar-refractivity contribution in [3.05, 3.63) is 40.7 Å². The number of rotatable bonds is 6. The van der Waals surface area contributed by atoms with E-state index in [1.807, 2.05) is 12.1 Å². The number of nitrogens with two attached hydrogens (primary N) is 2. The quantitative estimate of drug-likeness (QED) is 0.220. The van der Waals surface area contributed by atoms with Gasteiger partial charge in [-0.15, -0.1) is 0 Å². The first-order valence-corrected chi connectivity index (χ1v) is 7.27. The molecule has 7 N–H and O–H groups in total. The Morgan fingerprint density at radius 3 is 2.67 bits per heavy atom. The van der Waals surface area contributed by atoms with E-state index < -0.39 is 5.91 Å². The average Bonchev–Trinajstić information content (AvgIpc) is 2.55. The van der Waals surface area contributed by atoms with Gasteiger partial charge in [-0.3, -0.25) is 4.79 Å². The molecule has 0 saturated carbocycles. The van der Waals surface area contributed by atoms with Crippen LogP contribution in [-0.2, 0) is 6.42 Å². The Labute approximate surface area is 142 Å². The Hall–Kier alpha value is -3.07. The molecule has 0 aliphatic rings. The number of nitrogen functional groups attached to an aromatic ring is 2. The van der Waals surface area contributed by atoms with E-state index in [9.17, 15) is 9.90 Å². The third-order valence-corrected chi connectivity index (χ3v) is 3.21. The van der Waals surface area contributed by atoms with Gasteiger partial charge in [0.2, 0.25) is 0 Å². The summed E-state index contributed by atoms with van der Waals surface area (Å²) in [4.78, 5) is 19.4. The molecule has 1 amide bonds. The SMILES string of the molecule is Nc1nc(N)c(C(=O)N/C=N\NCCc2ccc(O)cc2)nc1Cl. The second-order valence-corrected chi connectivity index (χ2v) is 5.05. The lowest BCUT2D eigenvalue weighted by Gasteiger charge is -2.05. The van der Waals surface area contributed by atoms with Crippen LogP contribution >= 0.6 is 11.6 Å². The molecule has 0 radical (unpaired) electrons. The van der Waals surface area contributed by atoms with Crippen molar-refractivity contribution in [2.24, 2.45) is 5.10 Å². The molecule has 1 heterocycles. The van der Waals surface area contributed by atoms with E-state index >= 15 is 0 Å². The fraction of sp³-hybridized carbons (Fsp3) is 0.143. The number of phenols is 1. The van der Waals surface area contributed by atoms with Gasteiger partial charge in [0.25, 0.3) is 5.91 Å². The predicted molar refractivity (Wildman–Crippen MR) is 91.6 cm³/mol. The fourth-order valence-electron chi connectivity index (χ4n) is 1.74. The minimum atomic E-state index is -0.606. The van der Waals surface area contributed by atoms with Crippen molar-refractivity contribution in [1.82, 2.24) is 20.7 Å². The maximum Gasteiger partial charge on any atom is 0.278 e. The number of amides is 1. The van der Waals surface area contributed by atoms with Crippen LogP contribution in [0.2, 0.25) is 5.15 Å². The summed E-state index contributed by atoms with van der Waals surface area (Å²) in [5, 5.41) is 15.3. The molecule has 0 aliphatic heterocycles. The second kappa shape index (κ2) is 7.97. The van der Waals surface area contributed by atoms with E-state index in [1.54, 1.807) is 12.1 Å². The zero-order valence-corrected chi connectivity index (χ0v) is 13.3. The van der Waals surface area contributed by atoms with Gasteiger partial charge >= 0.3 is 0 Å². The van der Waals surface area contributed by atoms with Crippen LogP contribution in [0.1, 0.15) is 16.1 Å². The number of aromatic hydroxyl groups is 1. The van der Waals surface area contributed by atoms with Gasteiger partial charge in [0.1, 0.15) is 12.1 Å². The Balaban J connectivity index is 1.78. The Bertz CT molecular complexity index is 750. The highest BCUT2D eigenvalue weighted by atomic mass is 35.5. The minimum absolute atomic E-state index is 0.0460. The molecule has 0 aliphatic carbocycles. The molecule has 1 aromatic carbocycles. The van der Waals surface area contributed by atoms with E-state index in [0.29, 0.717) is 13.0 Å². The van der Waals surface area contributed by atoms with Crippen molar-refractivity contribution in [3.63, 3.8) is 0 Å². The lowest BCUT2D eigenvalue weighted by Crippen LogP contribution is -2.26. The molecule has 0 spiro atoms. The van der Waals surface area contributed by atoms with Gasteiger partial charge in [0, 0.05) is 6.54 Å². The summed E-state index contributed by atoms with van der Waals surface area (Å²) in [6.07, 6.45) is 1.88. The molecule has 0 saturated heterocycles. The van der Waals surface area contributed by atoms with E-state index in [0.717, 1.165) is 5.56 Å². The van der Waals surface area contributed by atoms with Gasteiger partial charge < -0.3 is 27.3 Å². The zero-order chi connectivity index (χ0) is 17.5. The van der Waals surface area contributed by atoms with Gasteiger partial charge in [0.05, 0.1) is 0 Å². The van der Waals surface area contributed by atoms with Crippen LogP contribution in [0.4, 0.5) is 11.6 Å². The molecule has 2 rings (SSSR count). The zero-order valence-electron chi connectivity index (χ0n) is 12.5. The van der Waals surface area contributed by atoms with Crippen molar-refractivity contribution in [2.75, 3.05) is 18.0 Å². The average molecular weight is 350 g/mol. The molecule has 0 unspecified atom stereocenters. The molecule has 10 heteroatoms. The number of nitrogens with one attached hydrogen (secondary N) is 2. The van der Waals surface area contributed by atoms with Crippen LogP contribution in [0.25, 0.3) is 0 Å². The summed E-state index contributed by atoms with van der Waals surface area (Å²) in [6.45, 7) is 0.548. The molecular weight excluding hydrogens is 334 g/mol. The smallest absolute Gasteiger partial charge is 0.278 e. The molecule has 24 heavy (non-hydrogen) atoms. The highest BCUT2D eigenvalue weighted by Gasteiger charge is 2.14. The lowest BCUT2D eigenvalue weighted by atomic mass is 10.1. The minimum Gasteiger partial charge on any atom is -0.508 e. The Morgan fingerprint density at radius 1 is 1.25 bits per heavy atom. The summed E-state index contributed by atoms with van der Waals surface area (Å²) in [6, 6.07) is 6.85. The summed E-state index contributed by atoms with van der Waals surface area (Å²) in [5.74, 6) is -0.554. The first-order valence-electron chi connectivity index (χ1n) is 6.89. The van der Waals surface area contributed by atoms with Gasteiger partial charge in [0.15, 0.2) is 22.5 Å². The van der Waals surface area contributed by atoms with Gasteiger partial charge in [-0.05, 0) is 24.1 Å². The van der Waals surface area contributed by atoms with Gasteiger partial charge in [-0.1, -0.05) is 23.7 Å². The lowest BCUT2D eigenvalue weighted by molar-refractivity contribution is 0.0974. The summed E-state index contributed by atoms with van der Waals surface area (Å²) in [5.41, 5.74) is 14.7. The molecule has 1 aromatic heterocycles. The first-order chi connectivity index (χ1) is 11.5. The van der Waals surface area contributed by atoms with Crippen molar-refractivity contribution in [2.45, 2.75) is 6.42 Å². The van der Waals surface area contributed by atoms with Crippen LogP contribution in [-0.4, -0.2) is 33.9 Å². The third kappa shape index (κ3) is 4.71. The van der Waals surface area contributed by atoms with Crippen LogP contribution in [0.15, 0.2) is 29.4 Å². The number of halogens is 1. The third-order valence-electron chi connectivity index (χ3n) is 2.93.